The molecule has 0 fully saturated rings. The van der Waals surface area contributed by atoms with E-state index in [1.54, 1.807) is 36.9 Å². The maximum absolute atomic E-state index is 12.4. The summed E-state index contributed by atoms with van der Waals surface area (Å²) < 4.78 is 2.33. The largest absolute Gasteiger partial charge is 0.324 e. The van der Waals surface area contributed by atoms with Gasteiger partial charge in [-0.05, 0) is 51.5 Å². The Morgan fingerprint density at radius 2 is 2.07 bits per heavy atom. The van der Waals surface area contributed by atoms with Crippen molar-refractivity contribution in [1.29, 1.82) is 0 Å². The Kier molecular flexibility index (Phi) is 5.80. The van der Waals surface area contributed by atoms with Crippen LogP contribution in [-0.2, 0) is 11.3 Å². The number of anilines is 1. The molecule has 0 atom stereocenters. The van der Waals surface area contributed by atoms with Crippen LogP contribution in [0.5, 0.6) is 0 Å². The molecule has 0 aliphatic rings. The molecule has 0 bridgehead atoms. The Hall–Kier alpha value is -2.72. The normalized spacial score (nSPS) is 10.9. The van der Waals surface area contributed by atoms with Crippen molar-refractivity contribution in [2.45, 2.75) is 43.5 Å². The molecule has 8 nitrogen and oxygen atoms in total. The van der Waals surface area contributed by atoms with Gasteiger partial charge in [-0.3, -0.25) is 19.6 Å². The molecule has 2 aromatic heterocycles. The van der Waals surface area contributed by atoms with Gasteiger partial charge >= 0.3 is 5.69 Å². The van der Waals surface area contributed by atoms with Crippen molar-refractivity contribution in [3.8, 4) is 0 Å². The summed E-state index contributed by atoms with van der Waals surface area (Å²) in [5.74, 6) is -0.292. The minimum absolute atomic E-state index is 0.0530. The van der Waals surface area contributed by atoms with Gasteiger partial charge in [-0.15, -0.1) is 11.3 Å². The minimum atomic E-state index is -0.476. The minimum Gasteiger partial charge on any atom is -0.324 e. The molecule has 1 amide bonds. The zero-order valence-corrected chi connectivity index (χ0v) is 17.5. The van der Waals surface area contributed by atoms with E-state index < -0.39 is 4.92 Å². The van der Waals surface area contributed by atoms with Crippen LogP contribution < -0.4 is 5.32 Å². The fraction of sp³-hybridized carbons (Fsp3) is 0.278. The van der Waals surface area contributed by atoms with Crippen LogP contribution in [0.3, 0.4) is 0 Å². The number of rotatable bonds is 6. The van der Waals surface area contributed by atoms with Gasteiger partial charge in [0.15, 0.2) is 4.34 Å². The lowest BCUT2D eigenvalue weighted by molar-refractivity contribution is -0.386. The number of nitrogens with one attached hydrogen (secondary N) is 1. The lowest BCUT2D eigenvalue weighted by Crippen LogP contribution is -2.20. The van der Waals surface area contributed by atoms with Crippen molar-refractivity contribution in [2.24, 2.45) is 0 Å². The van der Waals surface area contributed by atoms with Crippen LogP contribution in [0.1, 0.15) is 22.6 Å². The third-order valence-corrected chi connectivity index (χ3v) is 6.14. The van der Waals surface area contributed by atoms with Crippen molar-refractivity contribution in [3.05, 3.63) is 56.3 Å². The molecular weight excluding hydrogens is 398 g/mol. The second-order valence-electron chi connectivity index (χ2n) is 6.32. The lowest BCUT2D eigenvalue weighted by Gasteiger charge is -2.10. The van der Waals surface area contributed by atoms with Crippen LogP contribution in [0.25, 0.3) is 0 Å². The van der Waals surface area contributed by atoms with E-state index in [9.17, 15) is 14.9 Å². The molecule has 3 aromatic rings. The standard InChI is InChI=1S/C18H19N5O3S2/c1-10-7-14(28-18-19-11(2)9-27-18)5-6-15(10)20-16(24)8-22-13(4)17(23(25)26)12(3)21-22/h5-7,9H,8H2,1-4H3,(H,20,24). The zero-order chi connectivity index (χ0) is 20.4. The number of carbonyl (C=O) groups is 1. The van der Waals surface area contributed by atoms with E-state index in [-0.39, 0.29) is 18.1 Å². The lowest BCUT2D eigenvalue weighted by atomic mass is 10.2. The van der Waals surface area contributed by atoms with E-state index in [0.29, 0.717) is 17.1 Å². The monoisotopic (exact) mass is 417 g/mol. The maximum atomic E-state index is 12.4. The Balaban J connectivity index is 1.69. The third kappa shape index (κ3) is 4.39. The van der Waals surface area contributed by atoms with E-state index in [1.165, 1.54) is 4.68 Å². The summed E-state index contributed by atoms with van der Waals surface area (Å²) in [5.41, 5.74) is 3.22. The van der Waals surface area contributed by atoms with Crippen LogP contribution in [-0.4, -0.2) is 25.6 Å². The molecule has 1 N–H and O–H groups in total. The Bertz CT molecular complexity index is 1060. The van der Waals surface area contributed by atoms with E-state index in [2.05, 4.69) is 15.4 Å². The summed E-state index contributed by atoms with van der Waals surface area (Å²) in [4.78, 5) is 28.5. The first kappa shape index (κ1) is 20.0. The van der Waals surface area contributed by atoms with Gasteiger partial charge in [-0.1, -0.05) is 11.8 Å². The summed E-state index contributed by atoms with van der Waals surface area (Å²) in [6.07, 6.45) is 0. The van der Waals surface area contributed by atoms with Gasteiger partial charge in [-0.2, -0.15) is 5.10 Å². The molecule has 10 heteroatoms. The van der Waals surface area contributed by atoms with Crippen molar-refractivity contribution in [3.63, 3.8) is 0 Å². The molecular formula is C18H19N5O3S2. The summed E-state index contributed by atoms with van der Waals surface area (Å²) in [6, 6.07) is 5.77. The Morgan fingerprint density at radius 1 is 1.32 bits per heavy atom. The Labute approximate surface area is 170 Å². The smallest absolute Gasteiger partial charge is 0.312 e. The first-order chi connectivity index (χ1) is 13.2. The fourth-order valence-corrected chi connectivity index (χ4v) is 4.66. The van der Waals surface area contributed by atoms with Gasteiger partial charge in [0.25, 0.3) is 0 Å². The molecule has 28 heavy (non-hydrogen) atoms. The first-order valence-corrected chi connectivity index (χ1v) is 10.1. The number of hydrogen-bond acceptors (Lipinski definition) is 7. The third-order valence-electron chi connectivity index (χ3n) is 4.09. The van der Waals surface area contributed by atoms with E-state index in [1.807, 2.05) is 37.4 Å². The predicted molar refractivity (Wildman–Crippen MR) is 109 cm³/mol. The molecule has 0 unspecified atom stereocenters. The average Bonchev–Trinajstić information content (AvgIpc) is 3.13. The second-order valence-corrected chi connectivity index (χ2v) is 8.49. The predicted octanol–water partition coefficient (Wildman–Crippen LogP) is 4.27. The van der Waals surface area contributed by atoms with E-state index >= 15 is 0 Å². The summed E-state index contributed by atoms with van der Waals surface area (Å²) >= 11 is 3.18. The van der Waals surface area contributed by atoms with Crippen molar-refractivity contribution in [2.75, 3.05) is 5.32 Å². The average molecular weight is 418 g/mol. The topological polar surface area (TPSA) is 103 Å². The zero-order valence-electron chi connectivity index (χ0n) is 15.8. The van der Waals surface area contributed by atoms with Gasteiger partial charge in [0.05, 0.1) is 4.92 Å². The second kappa shape index (κ2) is 8.11. The molecule has 2 heterocycles. The Morgan fingerprint density at radius 3 is 2.64 bits per heavy atom. The highest BCUT2D eigenvalue weighted by Gasteiger charge is 2.22. The number of aromatic nitrogens is 3. The van der Waals surface area contributed by atoms with Crippen LogP contribution in [0.4, 0.5) is 11.4 Å². The number of hydrogen-bond donors (Lipinski definition) is 1. The molecule has 146 valence electrons. The van der Waals surface area contributed by atoms with Crippen LogP contribution in [0, 0.1) is 37.8 Å². The van der Waals surface area contributed by atoms with Crippen LogP contribution >= 0.6 is 23.1 Å². The van der Waals surface area contributed by atoms with E-state index in [0.717, 1.165) is 20.5 Å². The number of nitro groups is 1. The van der Waals surface area contributed by atoms with Crippen molar-refractivity contribution in [1.82, 2.24) is 14.8 Å². The maximum Gasteiger partial charge on any atom is 0.312 e. The number of carbonyl (C=O) groups excluding carboxylic acids is 1. The molecule has 3 rings (SSSR count). The van der Waals surface area contributed by atoms with Crippen LogP contribution in [0.15, 0.2) is 32.8 Å². The number of thiazole rings is 1. The van der Waals surface area contributed by atoms with Gasteiger partial charge in [-0.25, -0.2) is 4.98 Å². The summed E-state index contributed by atoms with van der Waals surface area (Å²) in [6.45, 7) is 6.94. The number of benzene rings is 1. The molecule has 0 aliphatic heterocycles. The molecule has 0 saturated heterocycles. The number of nitrogens with zero attached hydrogens (tertiary/aromatic N) is 4. The highest BCUT2D eigenvalue weighted by Crippen LogP contribution is 2.32. The number of amides is 1. The SMILES string of the molecule is Cc1csc(Sc2ccc(NC(=O)Cn3nc(C)c([N+](=O)[O-])c3C)c(C)c2)n1. The number of aryl methyl sites for hydroxylation is 3. The molecule has 0 radical (unpaired) electrons. The van der Waals surface area contributed by atoms with Gasteiger partial charge in [0.2, 0.25) is 5.91 Å². The first-order valence-electron chi connectivity index (χ1n) is 8.43. The van der Waals surface area contributed by atoms with Crippen molar-refractivity contribution >= 4 is 40.4 Å². The van der Waals surface area contributed by atoms with Gasteiger partial charge < -0.3 is 5.32 Å². The van der Waals surface area contributed by atoms with Crippen LogP contribution in [0.2, 0.25) is 0 Å². The molecule has 0 saturated carbocycles. The van der Waals surface area contributed by atoms with Gasteiger partial charge in [0, 0.05) is 21.7 Å². The van der Waals surface area contributed by atoms with Gasteiger partial charge in [0.1, 0.15) is 17.9 Å². The highest BCUT2D eigenvalue weighted by atomic mass is 32.2. The highest BCUT2D eigenvalue weighted by molar-refractivity contribution is 8.01. The van der Waals surface area contributed by atoms with E-state index in [4.69, 9.17) is 0 Å². The molecule has 0 spiro atoms. The van der Waals surface area contributed by atoms with Crippen molar-refractivity contribution < 1.29 is 9.72 Å². The quantitative estimate of drug-likeness (QED) is 0.474. The molecule has 1 aromatic carbocycles. The molecule has 0 aliphatic carbocycles. The fourth-order valence-electron chi connectivity index (χ4n) is 2.75. The summed E-state index contributed by atoms with van der Waals surface area (Å²) in [5, 5.41) is 20.0. The summed E-state index contributed by atoms with van der Waals surface area (Å²) in [7, 11) is 0.